The molecule has 162 valence electrons. The Morgan fingerprint density at radius 2 is 1.71 bits per heavy atom. The van der Waals surface area contributed by atoms with Crippen molar-refractivity contribution in [1.29, 1.82) is 0 Å². The smallest absolute Gasteiger partial charge is 0.325 e. The lowest BCUT2D eigenvalue weighted by Gasteiger charge is -2.23. The Morgan fingerprint density at radius 1 is 1.06 bits per heavy atom. The molecule has 6 nitrogen and oxygen atoms in total. The van der Waals surface area contributed by atoms with E-state index in [4.69, 9.17) is 11.6 Å². The molecule has 1 atom stereocenters. The molecule has 2 aromatic rings. The first-order valence-corrected chi connectivity index (χ1v) is 10.8. The number of carbonyl (C=O) groups excluding carboxylic acids is 3. The largest absolute Gasteiger partial charge is 0.336 e. The van der Waals surface area contributed by atoms with E-state index in [1.165, 1.54) is 4.90 Å². The molecule has 0 aliphatic carbocycles. The third-order valence-corrected chi connectivity index (χ3v) is 6.31. The number of imide groups is 1. The van der Waals surface area contributed by atoms with Crippen LogP contribution in [0.1, 0.15) is 48.7 Å². The van der Waals surface area contributed by atoms with E-state index in [0.29, 0.717) is 23.6 Å². The number of urea groups is 1. The predicted octanol–water partition coefficient (Wildman–Crippen LogP) is 3.97. The molecule has 0 bridgehead atoms. The van der Waals surface area contributed by atoms with Crippen molar-refractivity contribution in [2.24, 2.45) is 0 Å². The number of hydrogen-bond acceptors (Lipinski definition) is 3. The Balaban J connectivity index is 1.47. The number of rotatable bonds is 3. The van der Waals surface area contributed by atoms with Crippen LogP contribution in [-0.4, -0.2) is 46.3 Å². The molecule has 0 radical (unpaired) electrons. The Labute approximate surface area is 187 Å². The summed E-state index contributed by atoms with van der Waals surface area (Å²) in [7, 11) is 0. The average Bonchev–Trinajstić information content (AvgIpc) is 3.25. The second-order valence-electron chi connectivity index (χ2n) is 9.33. The number of halogens is 1. The van der Waals surface area contributed by atoms with Gasteiger partial charge in [0.15, 0.2) is 0 Å². The van der Waals surface area contributed by atoms with Crippen molar-refractivity contribution in [3.8, 4) is 0 Å². The van der Waals surface area contributed by atoms with E-state index < -0.39 is 11.6 Å². The number of nitrogens with one attached hydrogen (secondary N) is 1. The highest BCUT2D eigenvalue weighted by atomic mass is 35.5. The van der Waals surface area contributed by atoms with Crippen LogP contribution in [0.5, 0.6) is 0 Å². The Bertz CT molecular complexity index is 1030. The summed E-state index contributed by atoms with van der Waals surface area (Å²) in [5.74, 6) is -0.415. The van der Waals surface area contributed by atoms with Crippen molar-refractivity contribution in [2.75, 3.05) is 13.1 Å². The lowest BCUT2D eigenvalue weighted by molar-refractivity contribution is -0.131. The lowest BCUT2D eigenvalue weighted by atomic mass is 9.86. The number of benzene rings is 2. The van der Waals surface area contributed by atoms with Gasteiger partial charge in [-0.15, -0.1) is 0 Å². The predicted molar refractivity (Wildman–Crippen MR) is 119 cm³/mol. The molecular formula is C24H26ClN3O3. The van der Waals surface area contributed by atoms with Crippen LogP contribution in [-0.2, 0) is 16.8 Å². The van der Waals surface area contributed by atoms with Crippen molar-refractivity contribution >= 4 is 29.4 Å². The minimum atomic E-state index is -1.05. The van der Waals surface area contributed by atoms with Gasteiger partial charge in [-0.1, -0.05) is 56.6 Å². The van der Waals surface area contributed by atoms with Crippen LogP contribution in [0.2, 0.25) is 5.02 Å². The highest BCUT2D eigenvalue weighted by Gasteiger charge is 2.55. The molecule has 1 unspecified atom stereocenters. The molecule has 4 amide bonds. The zero-order valence-corrected chi connectivity index (χ0v) is 18.7. The van der Waals surface area contributed by atoms with Crippen molar-refractivity contribution in [3.05, 3.63) is 70.2 Å². The van der Waals surface area contributed by atoms with Gasteiger partial charge in [-0.2, -0.15) is 0 Å². The van der Waals surface area contributed by atoms with Crippen LogP contribution in [0.3, 0.4) is 0 Å². The van der Waals surface area contributed by atoms with Crippen molar-refractivity contribution in [2.45, 2.75) is 44.7 Å². The summed E-state index contributed by atoms with van der Waals surface area (Å²) < 4.78 is 0. The molecule has 2 fully saturated rings. The maximum atomic E-state index is 13.1. The molecule has 2 saturated heterocycles. The second kappa shape index (κ2) is 7.68. The molecule has 0 aromatic heterocycles. The van der Waals surface area contributed by atoms with Crippen molar-refractivity contribution in [1.82, 2.24) is 15.1 Å². The fourth-order valence-electron chi connectivity index (χ4n) is 4.15. The van der Waals surface area contributed by atoms with E-state index in [9.17, 15) is 14.4 Å². The normalized spacial score (nSPS) is 21.2. The van der Waals surface area contributed by atoms with E-state index >= 15 is 0 Å². The molecule has 31 heavy (non-hydrogen) atoms. The Hall–Kier alpha value is -2.86. The van der Waals surface area contributed by atoms with E-state index in [1.807, 2.05) is 24.3 Å². The fraction of sp³-hybridized carbons (Fsp3) is 0.375. The topological polar surface area (TPSA) is 69.7 Å². The van der Waals surface area contributed by atoms with E-state index in [0.717, 1.165) is 11.1 Å². The number of amides is 4. The average molecular weight is 440 g/mol. The summed E-state index contributed by atoms with van der Waals surface area (Å²) in [4.78, 5) is 41.6. The van der Waals surface area contributed by atoms with Crippen molar-refractivity contribution < 1.29 is 14.4 Å². The molecule has 1 spiro atoms. The molecule has 2 aliphatic rings. The van der Waals surface area contributed by atoms with Gasteiger partial charge in [0.2, 0.25) is 0 Å². The lowest BCUT2D eigenvalue weighted by Crippen LogP contribution is -2.49. The highest BCUT2D eigenvalue weighted by Crippen LogP contribution is 2.31. The molecule has 2 heterocycles. The zero-order chi connectivity index (χ0) is 22.4. The monoisotopic (exact) mass is 439 g/mol. The Morgan fingerprint density at radius 3 is 2.32 bits per heavy atom. The van der Waals surface area contributed by atoms with E-state index in [2.05, 4.69) is 26.1 Å². The molecule has 2 aromatic carbocycles. The molecular weight excluding hydrogens is 414 g/mol. The van der Waals surface area contributed by atoms with Gasteiger partial charge < -0.3 is 10.2 Å². The van der Waals surface area contributed by atoms with Gasteiger partial charge in [0.25, 0.3) is 11.8 Å². The summed E-state index contributed by atoms with van der Waals surface area (Å²) >= 11 is 5.91. The van der Waals surface area contributed by atoms with Crippen LogP contribution in [0, 0.1) is 0 Å². The summed E-state index contributed by atoms with van der Waals surface area (Å²) in [5.41, 5.74) is 1.51. The van der Waals surface area contributed by atoms with Crippen LogP contribution in [0.25, 0.3) is 0 Å². The van der Waals surface area contributed by atoms with Crippen LogP contribution in [0.4, 0.5) is 4.79 Å². The standard InChI is InChI=1S/C24H26ClN3O3/c1-23(2,3)18-8-6-17(7-9-18)20(29)27-13-12-24(15-27)21(30)28(22(31)26-24)14-16-4-10-19(25)11-5-16/h4-11H,12-15H2,1-3H3,(H,26,31). The number of carbonyl (C=O) groups is 3. The first-order chi connectivity index (χ1) is 14.6. The first kappa shape index (κ1) is 21.4. The summed E-state index contributed by atoms with van der Waals surface area (Å²) in [5, 5.41) is 3.44. The SMILES string of the molecule is CC(C)(C)c1ccc(C(=O)N2CCC3(C2)NC(=O)N(Cc2ccc(Cl)cc2)C3=O)cc1. The summed E-state index contributed by atoms with van der Waals surface area (Å²) in [6.07, 6.45) is 0.403. The molecule has 1 N–H and O–H groups in total. The van der Waals surface area contributed by atoms with Gasteiger partial charge in [0.1, 0.15) is 5.54 Å². The molecule has 4 rings (SSSR count). The molecule has 2 aliphatic heterocycles. The second-order valence-corrected chi connectivity index (χ2v) is 9.77. The zero-order valence-electron chi connectivity index (χ0n) is 17.9. The summed E-state index contributed by atoms with van der Waals surface area (Å²) in [6.45, 7) is 7.13. The van der Waals surface area contributed by atoms with Crippen LogP contribution >= 0.6 is 11.6 Å². The van der Waals surface area contributed by atoms with Crippen molar-refractivity contribution in [3.63, 3.8) is 0 Å². The number of likely N-dealkylation sites (tertiary alicyclic amines) is 1. The quantitative estimate of drug-likeness (QED) is 0.735. The maximum Gasteiger partial charge on any atom is 0.325 e. The minimum Gasteiger partial charge on any atom is -0.336 e. The summed E-state index contributed by atoms with van der Waals surface area (Å²) in [6, 6.07) is 14.2. The van der Waals surface area contributed by atoms with Gasteiger partial charge in [0.05, 0.1) is 13.1 Å². The van der Waals surface area contributed by atoms with Gasteiger partial charge in [0, 0.05) is 17.1 Å². The van der Waals surface area contributed by atoms with Gasteiger partial charge in [-0.25, -0.2) is 4.79 Å². The van der Waals surface area contributed by atoms with E-state index in [1.54, 1.807) is 29.2 Å². The Kier molecular flexibility index (Phi) is 5.30. The third kappa shape index (κ3) is 4.04. The van der Waals surface area contributed by atoms with Gasteiger partial charge in [-0.05, 0) is 47.2 Å². The minimum absolute atomic E-state index is 0.00732. The molecule has 7 heteroatoms. The molecule has 0 saturated carbocycles. The third-order valence-electron chi connectivity index (χ3n) is 6.05. The van der Waals surface area contributed by atoms with Gasteiger partial charge >= 0.3 is 6.03 Å². The number of nitrogens with zero attached hydrogens (tertiary/aromatic N) is 2. The highest BCUT2D eigenvalue weighted by molar-refractivity contribution is 6.30. The fourth-order valence-corrected chi connectivity index (χ4v) is 4.27. The first-order valence-electron chi connectivity index (χ1n) is 10.4. The van der Waals surface area contributed by atoms with Gasteiger partial charge in [-0.3, -0.25) is 14.5 Å². The van der Waals surface area contributed by atoms with E-state index in [-0.39, 0.29) is 30.3 Å². The van der Waals surface area contributed by atoms with Crippen LogP contribution < -0.4 is 5.32 Å². The van der Waals surface area contributed by atoms with Crippen LogP contribution in [0.15, 0.2) is 48.5 Å². The maximum absolute atomic E-state index is 13.1. The number of hydrogen-bond donors (Lipinski definition) is 1.